The van der Waals surface area contributed by atoms with Crippen LogP contribution >= 0.6 is 0 Å². The van der Waals surface area contributed by atoms with E-state index in [0.717, 1.165) is 4.68 Å². The predicted molar refractivity (Wildman–Crippen MR) is 70.5 cm³/mol. The summed E-state index contributed by atoms with van der Waals surface area (Å²) in [6.07, 6.45) is 1.75. The smallest absolute Gasteiger partial charge is 0.268 e. The van der Waals surface area contributed by atoms with Crippen molar-refractivity contribution in [3.8, 4) is 0 Å². The summed E-state index contributed by atoms with van der Waals surface area (Å²) in [5.41, 5.74) is 0.540. The minimum Gasteiger partial charge on any atom is -0.348 e. The molecule has 6 heteroatoms. The topological polar surface area (TPSA) is 76.9 Å². The summed E-state index contributed by atoms with van der Waals surface area (Å²) in [5.74, 6) is -0.228. The molecule has 2 aromatic rings. The van der Waals surface area contributed by atoms with Crippen LogP contribution in [-0.2, 0) is 13.6 Å². The third-order valence-corrected chi connectivity index (χ3v) is 3.24. The molecule has 6 nitrogen and oxygen atoms in total. The molecule has 0 aliphatic rings. The van der Waals surface area contributed by atoms with Crippen LogP contribution < -0.4 is 11.1 Å². The SMILES string of the molecule is Cc1c(C)c(=O)n(CC(=O)c2cccn2C)[nH]c1=O. The summed E-state index contributed by atoms with van der Waals surface area (Å²) < 4.78 is 2.73. The third kappa shape index (κ3) is 2.29. The van der Waals surface area contributed by atoms with Gasteiger partial charge < -0.3 is 4.57 Å². The molecule has 0 amide bonds. The maximum absolute atomic E-state index is 12.1. The monoisotopic (exact) mass is 261 g/mol. The van der Waals surface area contributed by atoms with Crippen LogP contribution in [0.2, 0.25) is 0 Å². The number of hydrogen-bond acceptors (Lipinski definition) is 3. The van der Waals surface area contributed by atoms with Crippen LogP contribution in [0.3, 0.4) is 0 Å². The Morgan fingerprint density at radius 3 is 2.53 bits per heavy atom. The van der Waals surface area contributed by atoms with Gasteiger partial charge in [-0.25, -0.2) is 4.68 Å². The van der Waals surface area contributed by atoms with Gasteiger partial charge in [0, 0.05) is 24.4 Å². The zero-order valence-electron chi connectivity index (χ0n) is 11.1. The molecule has 2 rings (SSSR count). The van der Waals surface area contributed by atoms with Crippen molar-refractivity contribution in [2.75, 3.05) is 0 Å². The first-order valence-corrected chi connectivity index (χ1v) is 5.86. The summed E-state index contributed by atoms with van der Waals surface area (Å²) in [5, 5.41) is 2.42. The maximum Gasteiger partial charge on any atom is 0.268 e. The fraction of sp³-hybridized carbons (Fsp3) is 0.308. The van der Waals surface area contributed by atoms with Crippen LogP contribution in [0.4, 0.5) is 0 Å². The fourth-order valence-electron chi connectivity index (χ4n) is 1.88. The number of ketones is 1. The second-order valence-electron chi connectivity index (χ2n) is 4.51. The number of Topliss-reactive ketones (excluding diaryl/α,β-unsaturated/α-hetero) is 1. The minimum absolute atomic E-state index is 0.174. The Morgan fingerprint density at radius 2 is 1.95 bits per heavy atom. The highest BCUT2D eigenvalue weighted by molar-refractivity contribution is 5.94. The number of H-pyrrole nitrogens is 1. The Hall–Kier alpha value is -2.37. The highest BCUT2D eigenvalue weighted by Crippen LogP contribution is 2.02. The van der Waals surface area contributed by atoms with Crippen LogP contribution in [0.1, 0.15) is 21.6 Å². The van der Waals surface area contributed by atoms with Crippen molar-refractivity contribution in [3.63, 3.8) is 0 Å². The molecule has 0 fully saturated rings. The van der Waals surface area contributed by atoms with E-state index in [9.17, 15) is 14.4 Å². The number of rotatable bonds is 3. The van der Waals surface area contributed by atoms with Gasteiger partial charge in [-0.05, 0) is 26.0 Å². The number of aromatic nitrogens is 3. The van der Waals surface area contributed by atoms with E-state index in [0.29, 0.717) is 16.8 Å². The van der Waals surface area contributed by atoms with Crippen molar-refractivity contribution in [2.45, 2.75) is 20.4 Å². The van der Waals surface area contributed by atoms with Gasteiger partial charge in [-0.1, -0.05) is 0 Å². The molecule has 0 aliphatic carbocycles. The van der Waals surface area contributed by atoms with Crippen molar-refractivity contribution in [2.24, 2.45) is 7.05 Å². The van der Waals surface area contributed by atoms with Gasteiger partial charge in [-0.3, -0.25) is 19.5 Å². The van der Waals surface area contributed by atoms with Gasteiger partial charge in [0.05, 0.1) is 5.69 Å². The number of hydrogen-bond donors (Lipinski definition) is 1. The van der Waals surface area contributed by atoms with E-state index < -0.39 is 0 Å². The lowest BCUT2D eigenvalue weighted by atomic mass is 10.2. The molecule has 0 atom stereocenters. The third-order valence-electron chi connectivity index (χ3n) is 3.24. The molecular formula is C13H15N3O3. The molecule has 0 radical (unpaired) electrons. The van der Waals surface area contributed by atoms with E-state index in [4.69, 9.17) is 0 Å². The van der Waals surface area contributed by atoms with Crippen molar-refractivity contribution in [1.29, 1.82) is 0 Å². The van der Waals surface area contributed by atoms with E-state index in [2.05, 4.69) is 5.10 Å². The Balaban J connectivity index is 2.41. The summed E-state index contributed by atoms with van der Waals surface area (Å²) in [6, 6.07) is 3.42. The van der Waals surface area contributed by atoms with Crippen molar-refractivity contribution in [1.82, 2.24) is 14.3 Å². The summed E-state index contributed by atoms with van der Waals surface area (Å²) in [6.45, 7) is 2.99. The Kier molecular flexibility index (Phi) is 3.25. The predicted octanol–water partition coefficient (Wildman–Crippen LogP) is 0.375. The second kappa shape index (κ2) is 4.72. The molecular weight excluding hydrogens is 246 g/mol. The van der Waals surface area contributed by atoms with E-state index in [-0.39, 0.29) is 23.4 Å². The van der Waals surface area contributed by atoms with Gasteiger partial charge in [0.2, 0.25) is 5.78 Å². The normalized spacial score (nSPS) is 10.7. The van der Waals surface area contributed by atoms with Gasteiger partial charge in [0.15, 0.2) is 0 Å². The van der Waals surface area contributed by atoms with Crippen LogP contribution in [-0.4, -0.2) is 20.1 Å². The fourth-order valence-corrected chi connectivity index (χ4v) is 1.88. The zero-order chi connectivity index (χ0) is 14.2. The quantitative estimate of drug-likeness (QED) is 0.811. The van der Waals surface area contributed by atoms with Crippen molar-refractivity contribution < 1.29 is 4.79 Å². The van der Waals surface area contributed by atoms with E-state index in [1.807, 2.05) is 0 Å². The highest BCUT2D eigenvalue weighted by atomic mass is 16.2. The summed E-state index contributed by atoms with van der Waals surface area (Å²) >= 11 is 0. The zero-order valence-corrected chi connectivity index (χ0v) is 11.1. The molecule has 2 heterocycles. The maximum atomic E-state index is 12.1. The summed E-state index contributed by atoms with van der Waals surface area (Å²) in [4.78, 5) is 35.6. The molecule has 19 heavy (non-hydrogen) atoms. The van der Waals surface area contributed by atoms with Gasteiger partial charge in [0.25, 0.3) is 11.1 Å². The number of nitrogens with zero attached hydrogens (tertiary/aromatic N) is 2. The van der Waals surface area contributed by atoms with Gasteiger partial charge in [0.1, 0.15) is 6.54 Å². The average molecular weight is 261 g/mol. The Morgan fingerprint density at radius 1 is 1.26 bits per heavy atom. The molecule has 0 saturated carbocycles. The molecule has 0 aliphatic heterocycles. The second-order valence-corrected chi connectivity index (χ2v) is 4.51. The highest BCUT2D eigenvalue weighted by Gasteiger charge is 2.13. The van der Waals surface area contributed by atoms with Gasteiger partial charge in [-0.15, -0.1) is 0 Å². The lowest BCUT2D eigenvalue weighted by Crippen LogP contribution is -2.35. The van der Waals surface area contributed by atoms with Gasteiger partial charge >= 0.3 is 0 Å². The minimum atomic E-state index is -0.350. The van der Waals surface area contributed by atoms with E-state index >= 15 is 0 Å². The van der Waals surface area contributed by atoms with Crippen LogP contribution in [0.25, 0.3) is 0 Å². The Labute approximate surface area is 109 Å². The first-order valence-electron chi connectivity index (χ1n) is 5.86. The van der Waals surface area contributed by atoms with Crippen molar-refractivity contribution >= 4 is 5.78 Å². The first kappa shape index (κ1) is 13.1. The molecule has 0 unspecified atom stereocenters. The van der Waals surface area contributed by atoms with Crippen LogP contribution in [0, 0.1) is 13.8 Å². The first-order chi connectivity index (χ1) is 8.91. The van der Waals surface area contributed by atoms with Gasteiger partial charge in [-0.2, -0.15) is 0 Å². The van der Waals surface area contributed by atoms with E-state index in [1.165, 1.54) is 0 Å². The molecule has 0 bridgehead atoms. The average Bonchev–Trinajstić information content (AvgIpc) is 2.79. The molecule has 0 spiro atoms. The molecule has 2 aromatic heterocycles. The number of carbonyl (C=O) groups is 1. The summed E-state index contributed by atoms with van der Waals surface area (Å²) in [7, 11) is 1.75. The lowest BCUT2D eigenvalue weighted by Gasteiger charge is -2.08. The lowest BCUT2D eigenvalue weighted by molar-refractivity contribution is 0.0957. The van der Waals surface area contributed by atoms with Crippen LogP contribution in [0.15, 0.2) is 27.9 Å². The number of aromatic amines is 1. The molecule has 0 saturated heterocycles. The number of nitrogens with one attached hydrogen (secondary N) is 1. The number of carbonyl (C=O) groups excluding carboxylic acids is 1. The standard InChI is InChI=1S/C13H15N3O3/c1-8-9(2)13(19)16(14-12(8)18)7-11(17)10-5-4-6-15(10)3/h4-6H,7H2,1-3H3,(H,14,18). The number of aryl methyl sites for hydroxylation is 1. The van der Waals surface area contributed by atoms with E-state index in [1.54, 1.807) is 43.8 Å². The van der Waals surface area contributed by atoms with Crippen LogP contribution in [0.5, 0.6) is 0 Å². The molecule has 0 aromatic carbocycles. The molecule has 100 valence electrons. The largest absolute Gasteiger partial charge is 0.348 e. The molecule has 1 N–H and O–H groups in total. The van der Waals surface area contributed by atoms with Crippen molar-refractivity contribution in [3.05, 3.63) is 55.9 Å². The Bertz CT molecular complexity index is 749.